The average molecular weight is 275 g/mol. The molecule has 2 aromatic heterocycles. The summed E-state index contributed by atoms with van der Waals surface area (Å²) in [6, 6.07) is 0.563. The third-order valence-electron chi connectivity index (χ3n) is 4.21. The Morgan fingerprint density at radius 2 is 2.00 bits per heavy atom. The predicted octanol–water partition coefficient (Wildman–Crippen LogP) is 4.38. The van der Waals surface area contributed by atoms with Crippen molar-refractivity contribution in [3.63, 3.8) is 0 Å². The van der Waals surface area contributed by atoms with Crippen LogP contribution in [0.5, 0.6) is 0 Å². The van der Waals surface area contributed by atoms with Crippen molar-refractivity contribution in [3.05, 3.63) is 17.3 Å². The van der Waals surface area contributed by atoms with E-state index >= 15 is 0 Å². The third-order valence-corrected chi connectivity index (χ3v) is 5.30. The lowest BCUT2D eigenvalue weighted by Gasteiger charge is -2.34. The molecule has 0 bridgehead atoms. The molecule has 0 spiro atoms. The number of hydrogen-bond donors (Lipinski definition) is 1. The van der Waals surface area contributed by atoms with Gasteiger partial charge in [-0.2, -0.15) is 0 Å². The topological polar surface area (TPSA) is 37.8 Å². The van der Waals surface area contributed by atoms with E-state index in [1.807, 2.05) is 0 Å². The summed E-state index contributed by atoms with van der Waals surface area (Å²) in [5, 5.41) is 5.80. The molecule has 0 aromatic carbocycles. The Morgan fingerprint density at radius 3 is 2.74 bits per heavy atom. The van der Waals surface area contributed by atoms with Crippen LogP contribution in [0, 0.1) is 12.3 Å². The van der Waals surface area contributed by atoms with Crippen molar-refractivity contribution in [1.82, 2.24) is 9.97 Å². The van der Waals surface area contributed by atoms with Crippen LogP contribution in [0.4, 0.5) is 5.82 Å². The molecule has 0 atom stereocenters. The summed E-state index contributed by atoms with van der Waals surface area (Å²) in [5.74, 6) is 1.02. The number of hydrogen-bond acceptors (Lipinski definition) is 4. The van der Waals surface area contributed by atoms with Gasteiger partial charge in [-0.3, -0.25) is 0 Å². The van der Waals surface area contributed by atoms with E-state index in [1.54, 1.807) is 17.7 Å². The van der Waals surface area contributed by atoms with Gasteiger partial charge in [-0.05, 0) is 49.0 Å². The minimum Gasteiger partial charge on any atom is -0.366 e. The summed E-state index contributed by atoms with van der Waals surface area (Å²) in [6.45, 7) is 6.85. The molecule has 0 aliphatic heterocycles. The molecule has 1 fully saturated rings. The first-order chi connectivity index (χ1) is 9.05. The van der Waals surface area contributed by atoms with Crippen molar-refractivity contribution < 1.29 is 0 Å². The highest BCUT2D eigenvalue weighted by atomic mass is 32.1. The molecule has 0 radical (unpaired) electrons. The van der Waals surface area contributed by atoms with Crippen molar-refractivity contribution >= 4 is 27.4 Å². The molecule has 1 aliphatic carbocycles. The molecule has 2 aromatic rings. The summed E-state index contributed by atoms with van der Waals surface area (Å²) < 4.78 is 1.20. The summed E-state index contributed by atoms with van der Waals surface area (Å²) >= 11 is 1.74. The number of aromatic nitrogens is 2. The molecule has 0 saturated heterocycles. The van der Waals surface area contributed by atoms with Gasteiger partial charge < -0.3 is 5.32 Å². The summed E-state index contributed by atoms with van der Waals surface area (Å²) in [7, 11) is 0. The highest BCUT2D eigenvalue weighted by molar-refractivity contribution is 7.18. The van der Waals surface area contributed by atoms with E-state index < -0.39 is 0 Å². The Balaban J connectivity index is 1.79. The Labute approximate surface area is 118 Å². The molecule has 0 amide bonds. The van der Waals surface area contributed by atoms with Crippen LogP contribution < -0.4 is 5.32 Å². The van der Waals surface area contributed by atoms with Gasteiger partial charge in [0.05, 0.1) is 10.2 Å². The van der Waals surface area contributed by atoms with E-state index in [-0.39, 0.29) is 0 Å². The lowest BCUT2D eigenvalue weighted by atomic mass is 9.75. The molecule has 1 N–H and O–H groups in total. The van der Waals surface area contributed by atoms with Crippen molar-refractivity contribution in [2.45, 2.75) is 52.5 Å². The maximum absolute atomic E-state index is 4.44. The zero-order valence-corrected chi connectivity index (χ0v) is 12.7. The van der Waals surface area contributed by atoms with Gasteiger partial charge in [-0.1, -0.05) is 13.8 Å². The van der Waals surface area contributed by atoms with Crippen LogP contribution in [0.15, 0.2) is 11.7 Å². The zero-order valence-electron chi connectivity index (χ0n) is 11.9. The standard InChI is InChI=1S/C15H21N3S/c1-10-8-19-13-12(10)16-9-17-14(13)18-11-4-6-15(2,3)7-5-11/h8-9,11H,4-7H2,1-3H3,(H,16,17,18). The van der Waals surface area contributed by atoms with Gasteiger partial charge in [-0.25, -0.2) is 9.97 Å². The first kappa shape index (κ1) is 12.9. The summed E-state index contributed by atoms with van der Waals surface area (Å²) in [6.07, 6.45) is 6.74. The van der Waals surface area contributed by atoms with E-state index in [2.05, 4.69) is 41.4 Å². The Morgan fingerprint density at radius 1 is 1.26 bits per heavy atom. The molecule has 1 aliphatic rings. The zero-order chi connectivity index (χ0) is 13.5. The lowest BCUT2D eigenvalue weighted by molar-refractivity contribution is 0.232. The maximum atomic E-state index is 4.44. The molecule has 3 rings (SSSR count). The van der Waals surface area contributed by atoms with Gasteiger partial charge in [0.1, 0.15) is 12.1 Å². The van der Waals surface area contributed by atoms with Crippen molar-refractivity contribution in [3.8, 4) is 0 Å². The van der Waals surface area contributed by atoms with E-state index in [0.29, 0.717) is 11.5 Å². The van der Waals surface area contributed by atoms with Gasteiger partial charge in [0.15, 0.2) is 0 Å². The fraction of sp³-hybridized carbons (Fsp3) is 0.600. The summed E-state index contributed by atoms with van der Waals surface area (Å²) in [4.78, 5) is 8.82. The second-order valence-electron chi connectivity index (χ2n) is 6.40. The van der Waals surface area contributed by atoms with Crippen LogP contribution in [0.25, 0.3) is 10.2 Å². The van der Waals surface area contributed by atoms with Crippen LogP contribution in [0.2, 0.25) is 0 Å². The fourth-order valence-corrected chi connectivity index (χ4v) is 3.76. The first-order valence-corrected chi connectivity index (χ1v) is 7.88. The average Bonchev–Trinajstić information content (AvgIpc) is 2.75. The van der Waals surface area contributed by atoms with Crippen molar-refractivity contribution in [2.24, 2.45) is 5.41 Å². The van der Waals surface area contributed by atoms with Crippen LogP contribution in [-0.2, 0) is 0 Å². The SMILES string of the molecule is Cc1csc2c(NC3CCC(C)(C)CC3)ncnc12. The molecule has 3 nitrogen and oxygen atoms in total. The minimum absolute atomic E-state index is 0.513. The van der Waals surface area contributed by atoms with Gasteiger partial charge in [0.2, 0.25) is 0 Å². The highest BCUT2D eigenvalue weighted by Gasteiger charge is 2.27. The maximum Gasteiger partial charge on any atom is 0.147 e. The van der Waals surface area contributed by atoms with Crippen LogP contribution in [0.3, 0.4) is 0 Å². The van der Waals surface area contributed by atoms with E-state index in [1.165, 1.54) is 35.9 Å². The Kier molecular flexibility index (Phi) is 3.21. The van der Waals surface area contributed by atoms with Crippen molar-refractivity contribution in [2.75, 3.05) is 5.32 Å². The molecule has 2 heterocycles. The number of rotatable bonds is 2. The number of nitrogens with one attached hydrogen (secondary N) is 1. The van der Waals surface area contributed by atoms with Gasteiger partial charge in [-0.15, -0.1) is 11.3 Å². The number of thiophene rings is 1. The largest absolute Gasteiger partial charge is 0.366 e. The normalized spacial score (nSPS) is 19.7. The molecular weight excluding hydrogens is 254 g/mol. The quantitative estimate of drug-likeness (QED) is 0.883. The molecular formula is C15H21N3S. The van der Waals surface area contributed by atoms with E-state index in [4.69, 9.17) is 0 Å². The van der Waals surface area contributed by atoms with Gasteiger partial charge in [0, 0.05) is 6.04 Å². The lowest BCUT2D eigenvalue weighted by Crippen LogP contribution is -2.30. The van der Waals surface area contributed by atoms with E-state index in [9.17, 15) is 0 Å². The number of anilines is 1. The smallest absolute Gasteiger partial charge is 0.147 e. The van der Waals surface area contributed by atoms with Crippen LogP contribution >= 0.6 is 11.3 Å². The molecule has 0 unspecified atom stereocenters. The van der Waals surface area contributed by atoms with Crippen LogP contribution in [-0.4, -0.2) is 16.0 Å². The van der Waals surface area contributed by atoms with Gasteiger partial charge in [0.25, 0.3) is 0 Å². The van der Waals surface area contributed by atoms with Crippen molar-refractivity contribution in [1.29, 1.82) is 0 Å². The van der Waals surface area contributed by atoms with Gasteiger partial charge >= 0.3 is 0 Å². The third kappa shape index (κ3) is 2.59. The minimum atomic E-state index is 0.513. The molecule has 1 saturated carbocycles. The van der Waals surface area contributed by atoms with E-state index in [0.717, 1.165) is 11.3 Å². The predicted molar refractivity (Wildman–Crippen MR) is 81.8 cm³/mol. The second-order valence-corrected chi connectivity index (χ2v) is 7.28. The first-order valence-electron chi connectivity index (χ1n) is 7.00. The molecule has 4 heteroatoms. The molecule has 102 valence electrons. The monoisotopic (exact) mass is 275 g/mol. The number of aryl methyl sites for hydroxylation is 1. The Bertz CT molecular complexity index is 578. The number of fused-ring (bicyclic) bond motifs is 1. The molecule has 19 heavy (non-hydrogen) atoms. The Hall–Kier alpha value is -1.16. The second kappa shape index (κ2) is 4.75. The van der Waals surface area contributed by atoms with Crippen LogP contribution in [0.1, 0.15) is 45.1 Å². The fourth-order valence-electron chi connectivity index (χ4n) is 2.81. The highest BCUT2D eigenvalue weighted by Crippen LogP contribution is 2.37. The summed E-state index contributed by atoms with van der Waals surface area (Å²) in [5.41, 5.74) is 2.85. The number of nitrogens with zero attached hydrogens (tertiary/aromatic N) is 2.